The Hall–Kier alpha value is -3.40. The summed E-state index contributed by atoms with van der Waals surface area (Å²) in [6.07, 6.45) is 0. The predicted octanol–water partition coefficient (Wildman–Crippen LogP) is 3.38. The standard InChI is InChI=1S/C17H14N4O5S/c1-25-14-8-4-12(5-9-14)18-15(22)10-27-17-20-19-16(26-17)11-2-6-13(7-3-11)21(23)24/h2-9H,10H2,1H3,(H,18,22). The van der Waals surface area contributed by atoms with Gasteiger partial charge in [0.2, 0.25) is 11.8 Å². The Labute approximate surface area is 157 Å². The lowest BCUT2D eigenvalue weighted by molar-refractivity contribution is -0.384. The molecule has 0 unspecified atom stereocenters. The molecule has 9 nitrogen and oxygen atoms in total. The number of benzene rings is 2. The Balaban J connectivity index is 1.55. The molecule has 27 heavy (non-hydrogen) atoms. The van der Waals surface area contributed by atoms with E-state index < -0.39 is 4.92 Å². The van der Waals surface area contributed by atoms with Gasteiger partial charge in [-0.3, -0.25) is 14.9 Å². The number of methoxy groups -OCH3 is 1. The average Bonchev–Trinajstić information content (AvgIpc) is 3.16. The molecule has 138 valence electrons. The van der Waals surface area contributed by atoms with Crippen molar-refractivity contribution in [3.8, 4) is 17.2 Å². The van der Waals surface area contributed by atoms with Crippen LogP contribution in [0.15, 0.2) is 58.2 Å². The number of rotatable bonds is 7. The Morgan fingerprint density at radius 2 is 1.89 bits per heavy atom. The third-order valence-corrected chi connectivity index (χ3v) is 4.25. The van der Waals surface area contributed by atoms with Crippen LogP contribution in [0.2, 0.25) is 0 Å². The van der Waals surface area contributed by atoms with Gasteiger partial charge in [-0.15, -0.1) is 10.2 Å². The van der Waals surface area contributed by atoms with Crippen molar-refractivity contribution in [2.45, 2.75) is 5.22 Å². The molecule has 0 aliphatic heterocycles. The first-order valence-corrected chi connectivity index (χ1v) is 8.69. The molecule has 0 aliphatic rings. The maximum atomic E-state index is 12.0. The number of carbonyl (C=O) groups excluding carboxylic acids is 1. The highest BCUT2D eigenvalue weighted by Crippen LogP contribution is 2.25. The zero-order valence-corrected chi connectivity index (χ0v) is 14.9. The fourth-order valence-electron chi connectivity index (χ4n) is 2.11. The van der Waals surface area contributed by atoms with E-state index in [0.717, 1.165) is 11.8 Å². The van der Waals surface area contributed by atoms with Gasteiger partial charge in [-0.25, -0.2) is 0 Å². The van der Waals surface area contributed by atoms with Crippen LogP contribution in [0.1, 0.15) is 0 Å². The van der Waals surface area contributed by atoms with E-state index in [1.165, 1.54) is 24.3 Å². The summed E-state index contributed by atoms with van der Waals surface area (Å²) in [6, 6.07) is 12.7. The SMILES string of the molecule is COc1ccc(NC(=O)CSc2nnc(-c3ccc([N+](=O)[O-])cc3)o2)cc1. The number of nitro benzene ring substituents is 1. The molecule has 3 aromatic rings. The van der Waals surface area contributed by atoms with E-state index in [4.69, 9.17) is 9.15 Å². The number of aromatic nitrogens is 2. The van der Waals surface area contributed by atoms with Gasteiger partial charge >= 0.3 is 0 Å². The molecular formula is C17H14N4O5S. The summed E-state index contributed by atoms with van der Waals surface area (Å²) in [6.45, 7) is 0. The summed E-state index contributed by atoms with van der Waals surface area (Å²) in [7, 11) is 1.57. The molecule has 0 atom stereocenters. The third kappa shape index (κ3) is 4.82. The second-order valence-corrected chi connectivity index (χ2v) is 6.17. The molecular weight excluding hydrogens is 372 g/mol. The van der Waals surface area contributed by atoms with Crippen molar-refractivity contribution in [3.63, 3.8) is 0 Å². The highest BCUT2D eigenvalue weighted by atomic mass is 32.2. The minimum Gasteiger partial charge on any atom is -0.497 e. The van der Waals surface area contributed by atoms with Gasteiger partial charge in [0.05, 0.1) is 17.8 Å². The second-order valence-electron chi connectivity index (χ2n) is 5.24. The Morgan fingerprint density at radius 1 is 1.19 bits per heavy atom. The highest BCUT2D eigenvalue weighted by Gasteiger charge is 2.13. The predicted molar refractivity (Wildman–Crippen MR) is 98.7 cm³/mol. The first-order valence-electron chi connectivity index (χ1n) is 7.70. The molecule has 10 heteroatoms. The van der Waals surface area contributed by atoms with E-state index in [1.807, 2.05) is 0 Å². The molecule has 1 aromatic heterocycles. The number of ether oxygens (including phenoxy) is 1. The lowest BCUT2D eigenvalue weighted by Gasteiger charge is -2.05. The maximum absolute atomic E-state index is 12.0. The molecule has 2 aromatic carbocycles. The summed E-state index contributed by atoms with van der Waals surface area (Å²) in [4.78, 5) is 22.2. The van der Waals surface area contributed by atoms with Crippen LogP contribution in [0.25, 0.3) is 11.5 Å². The summed E-state index contributed by atoms with van der Waals surface area (Å²) in [5, 5.41) is 21.4. The Kier molecular flexibility index (Phi) is 5.67. The topological polar surface area (TPSA) is 120 Å². The lowest BCUT2D eigenvalue weighted by atomic mass is 10.2. The molecule has 1 N–H and O–H groups in total. The summed E-state index contributed by atoms with van der Waals surface area (Å²) in [5.41, 5.74) is 1.18. The van der Waals surface area contributed by atoms with Gasteiger partial charge < -0.3 is 14.5 Å². The highest BCUT2D eigenvalue weighted by molar-refractivity contribution is 7.99. The van der Waals surface area contributed by atoms with Crippen LogP contribution < -0.4 is 10.1 Å². The Bertz CT molecular complexity index is 941. The monoisotopic (exact) mass is 386 g/mol. The van der Waals surface area contributed by atoms with Crippen LogP contribution in [-0.4, -0.2) is 33.9 Å². The second kappa shape index (κ2) is 8.32. The molecule has 3 rings (SSSR count). The van der Waals surface area contributed by atoms with E-state index in [2.05, 4.69) is 15.5 Å². The quantitative estimate of drug-likeness (QED) is 0.373. The maximum Gasteiger partial charge on any atom is 0.277 e. The molecule has 0 spiro atoms. The molecule has 1 heterocycles. The van der Waals surface area contributed by atoms with Gasteiger partial charge in [-0.2, -0.15) is 0 Å². The van der Waals surface area contributed by atoms with Crippen molar-refractivity contribution in [2.75, 3.05) is 18.2 Å². The van der Waals surface area contributed by atoms with Crippen molar-refractivity contribution in [2.24, 2.45) is 0 Å². The van der Waals surface area contributed by atoms with Gasteiger partial charge in [0.25, 0.3) is 10.9 Å². The number of non-ortho nitro benzene ring substituents is 1. The van der Waals surface area contributed by atoms with E-state index >= 15 is 0 Å². The van der Waals surface area contributed by atoms with Gasteiger partial charge in [-0.1, -0.05) is 11.8 Å². The normalized spacial score (nSPS) is 10.4. The van der Waals surface area contributed by atoms with E-state index in [1.54, 1.807) is 31.4 Å². The van der Waals surface area contributed by atoms with Crippen molar-refractivity contribution < 1.29 is 18.9 Å². The Morgan fingerprint density at radius 3 is 2.52 bits per heavy atom. The van der Waals surface area contributed by atoms with Crippen molar-refractivity contribution >= 4 is 29.0 Å². The minimum atomic E-state index is -0.486. The zero-order chi connectivity index (χ0) is 19.2. The van der Waals surface area contributed by atoms with Crippen molar-refractivity contribution in [1.82, 2.24) is 10.2 Å². The number of thioether (sulfide) groups is 1. The average molecular weight is 386 g/mol. The number of nitrogens with one attached hydrogen (secondary N) is 1. The molecule has 0 fully saturated rings. The molecule has 0 radical (unpaired) electrons. The first-order chi connectivity index (χ1) is 13.0. The van der Waals surface area contributed by atoms with Crippen LogP contribution in [0.5, 0.6) is 5.75 Å². The first kappa shape index (κ1) is 18.4. The number of carbonyl (C=O) groups is 1. The van der Waals surface area contributed by atoms with E-state index in [9.17, 15) is 14.9 Å². The number of hydrogen-bond donors (Lipinski definition) is 1. The number of amides is 1. The van der Waals surface area contributed by atoms with Gasteiger partial charge in [0.15, 0.2) is 0 Å². The molecule has 0 aliphatic carbocycles. The number of hydrogen-bond acceptors (Lipinski definition) is 8. The minimum absolute atomic E-state index is 0.0249. The molecule has 0 saturated carbocycles. The number of nitrogens with zero attached hydrogens (tertiary/aromatic N) is 3. The summed E-state index contributed by atoms with van der Waals surface area (Å²) in [5.74, 6) is 0.795. The van der Waals surface area contributed by atoms with E-state index in [0.29, 0.717) is 17.0 Å². The van der Waals surface area contributed by atoms with Crippen LogP contribution in [0.3, 0.4) is 0 Å². The largest absolute Gasteiger partial charge is 0.497 e. The lowest BCUT2D eigenvalue weighted by Crippen LogP contribution is -2.13. The van der Waals surface area contributed by atoms with Crippen molar-refractivity contribution in [1.29, 1.82) is 0 Å². The fourth-order valence-corrected chi connectivity index (χ4v) is 2.67. The molecule has 0 bridgehead atoms. The van der Waals surface area contributed by atoms with Crippen LogP contribution >= 0.6 is 11.8 Å². The molecule has 1 amide bonds. The van der Waals surface area contributed by atoms with Crippen LogP contribution in [0, 0.1) is 10.1 Å². The van der Waals surface area contributed by atoms with Crippen LogP contribution in [0.4, 0.5) is 11.4 Å². The summed E-state index contributed by atoms with van der Waals surface area (Å²) >= 11 is 1.09. The third-order valence-electron chi connectivity index (χ3n) is 3.43. The molecule has 0 saturated heterocycles. The fraction of sp³-hybridized carbons (Fsp3) is 0.118. The van der Waals surface area contributed by atoms with Gasteiger partial charge in [-0.05, 0) is 36.4 Å². The van der Waals surface area contributed by atoms with Crippen LogP contribution in [-0.2, 0) is 4.79 Å². The van der Waals surface area contributed by atoms with E-state index in [-0.39, 0.29) is 28.5 Å². The van der Waals surface area contributed by atoms with Crippen molar-refractivity contribution in [3.05, 3.63) is 58.6 Å². The zero-order valence-electron chi connectivity index (χ0n) is 14.1. The smallest absolute Gasteiger partial charge is 0.277 e. The summed E-state index contributed by atoms with van der Waals surface area (Å²) < 4.78 is 10.5. The van der Waals surface area contributed by atoms with Gasteiger partial charge in [0, 0.05) is 23.4 Å². The number of nitro groups is 1. The number of anilines is 1. The van der Waals surface area contributed by atoms with Gasteiger partial charge in [0.1, 0.15) is 5.75 Å².